The topological polar surface area (TPSA) is 66.5 Å². The van der Waals surface area contributed by atoms with Crippen molar-refractivity contribution >= 4 is 34.1 Å². The first-order chi connectivity index (χ1) is 11.7. The van der Waals surface area contributed by atoms with E-state index in [2.05, 4.69) is 25.5 Å². The lowest BCUT2D eigenvalue weighted by Gasteiger charge is -2.10. The highest BCUT2D eigenvalue weighted by molar-refractivity contribution is 6.30. The summed E-state index contributed by atoms with van der Waals surface area (Å²) in [5.41, 5.74) is 3.24. The summed E-state index contributed by atoms with van der Waals surface area (Å²) in [6.07, 6.45) is 3.06. The van der Waals surface area contributed by atoms with Gasteiger partial charge in [-0.25, -0.2) is 14.4 Å². The molecule has 7 heteroatoms. The Labute approximate surface area is 141 Å². The Morgan fingerprint density at radius 1 is 1.08 bits per heavy atom. The fourth-order valence-corrected chi connectivity index (χ4v) is 2.67. The first-order valence-electron chi connectivity index (χ1n) is 7.17. The van der Waals surface area contributed by atoms with Crippen molar-refractivity contribution in [3.63, 3.8) is 0 Å². The predicted molar refractivity (Wildman–Crippen MR) is 91.8 cm³/mol. The molecule has 5 nitrogen and oxygen atoms in total. The Morgan fingerprint density at radius 2 is 2.00 bits per heavy atom. The molecule has 118 valence electrons. The Bertz CT molecular complexity index is 1030. The largest absolute Gasteiger partial charge is 0.338 e. The van der Waals surface area contributed by atoms with Crippen LogP contribution in [0, 0.1) is 5.82 Å². The van der Waals surface area contributed by atoms with Gasteiger partial charge in [0.05, 0.1) is 6.20 Å². The van der Waals surface area contributed by atoms with Crippen molar-refractivity contribution in [1.82, 2.24) is 20.2 Å². The summed E-state index contributed by atoms with van der Waals surface area (Å²) in [6, 6.07) is 11.8. The van der Waals surface area contributed by atoms with E-state index in [1.54, 1.807) is 36.5 Å². The van der Waals surface area contributed by atoms with E-state index >= 15 is 0 Å². The monoisotopic (exact) mass is 339 g/mol. The van der Waals surface area contributed by atoms with Gasteiger partial charge in [0.25, 0.3) is 0 Å². The number of hydrogen-bond acceptors (Lipinski definition) is 4. The Hall–Kier alpha value is -2.99. The van der Waals surface area contributed by atoms with E-state index in [0.717, 1.165) is 0 Å². The zero-order valence-electron chi connectivity index (χ0n) is 12.3. The Morgan fingerprint density at radius 3 is 2.88 bits per heavy atom. The van der Waals surface area contributed by atoms with Crippen molar-refractivity contribution in [1.29, 1.82) is 0 Å². The van der Waals surface area contributed by atoms with Gasteiger partial charge < -0.3 is 5.32 Å². The number of anilines is 2. The molecular formula is C17H11ClFN5. The lowest BCUT2D eigenvalue weighted by Crippen LogP contribution is -1.97. The van der Waals surface area contributed by atoms with Crippen molar-refractivity contribution in [3.05, 3.63) is 65.8 Å². The first kappa shape index (κ1) is 14.6. The van der Waals surface area contributed by atoms with E-state index < -0.39 is 0 Å². The summed E-state index contributed by atoms with van der Waals surface area (Å²) >= 11 is 6.00. The Balaban J connectivity index is 1.75. The van der Waals surface area contributed by atoms with E-state index in [4.69, 9.17) is 11.6 Å². The number of nitrogens with one attached hydrogen (secondary N) is 2. The summed E-state index contributed by atoms with van der Waals surface area (Å²) in [5.74, 6) is 0.248. The average Bonchev–Trinajstić information content (AvgIpc) is 3.06. The molecule has 0 unspecified atom stereocenters. The number of hydrogen-bond donors (Lipinski definition) is 2. The summed E-state index contributed by atoms with van der Waals surface area (Å²) < 4.78 is 14.2. The molecule has 0 saturated heterocycles. The van der Waals surface area contributed by atoms with Gasteiger partial charge in [0.1, 0.15) is 23.2 Å². The van der Waals surface area contributed by atoms with Crippen molar-refractivity contribution < 1.29 is 4.39 Å². The molecule has 2 N–H and O–H groups in total. The van der Waals surface area contributed by atoms with Crippen LogP contribution in [0.4, 0.5) is 15.9 Å². The molecule has 0 aliphatic carbocycles. The van der Waals surface area contributed by atoms with Crippen molar-refractivity contribution in [2.24, 2.45) is 0 Å². The van der Waals surface area contributed by atoms with E-state index in [9.17, 15) is 4.39 Å². The highest BCUT2D eigenvalue weighted by Gasteiger charge is 2.10. The van der Waals surface area contributed by atoms with Crippen molar-refractivity contribution in [2.75, 3.05) is 5.32 Å². The molecule has 0 atom stereocenters. The van der Waals surface area contributed by atoms with Crippen LogP contribution in [0.5, 0.6) is 0 Å². The second-order valence-corrected chi connectivity index (χ2v) is 5.62. The number of H-pyrrole nitrogens is 1. The van der Waals surface area contributed by atoms with Crippen LogP contribution < -0.4 is 5.32 Å². The van der Waals surface area contributed by atoms with Crippen LogP contribution in [0.15, 0.2) is 55.0 Å². The van der Waals surface area contributed by atoms with E-state index in [-0.39, 0.29) is 5.82 Å². The molecular weight excluding hydrogens is 329 g/mol. The van der Waals surface area contributed by atoms with Gasteiger partial charge in [0.15, 0.2) is 5.82 Å². The van der Waals surface area contributed by atoms with Gasteiger partial charge >= 0.3 is 0 Å². The van der Waals surface area contributed by atoms with Gasteiger partial charge in [-0.05, 0) is 35.9 Å². The lowest BCUT2D eigenvalue weighted by atomic mass is 10.0. The molecule has 2 aromatic carbocycles. The van der Waals surface area contributed by atoms with Gasteiger partial charge in [-0.3, -0.25) is 5.10 Å². The van der Waals surface area contributed by atoms with Crippen LogP contribution >= 0.6 is 11.6 Å². The molecule has 24 heavy (non-hydrogen) atoms. The van der Waals surface area contributed by atoms with Gasteiger partial charge in [-0.1, -0.05) is 23.7 Å². The number of halogens is 2. The van der Waals surface area contributed by atoms with Crippen LogP contribution in [0.25, 0.3) is 22.2 Å². The smallest absolute Gasteiger partial charge is 0.159 e. The molecule has 0 spiro atoms. The summed E-state index contributed by atoms with van der Waals surface area (Å²) in [4.78, 5) is 8.32. The number of aromatic nitrogens is 4. The van der Waals surface area contributed by atoms with E-state index in [1.165, 1.54) is 12.4 Å². The van der Waals surface area contributed by atoms with Crippen LogP contribution in [-0.4, -0.2) is 20.2 Å². The molecule has 0 aliphatic rings. The first-order valence-corrected chi connectivity index (χ1v) is 7.55. The predicted octanol–water partition coefficient (Wildman–Crippen LogP) is 4.56. The minimum absolute atomic E-state index is 0.322. The highest BCUT2D eigenvalue weighted by Crippen LogP contribution is 2.29. The third-order valence-electron chi connectivity index (χ3n) is 3.60. The minimum Gasteiger partial charge on any atom is -0.338 e. The van der Waals surface area contributed by atoms with Crippen LogP contribution in [-0.2, 0) is 0 Å². The van der Waals surface area contributed by atoms with Crippen molar-refractivity contribution in [2.45, 2.75) is 0 Å². The molecule has 4 rings (SSSR count). The van der Waals surface area contributed by atoms with Gasteiger partial charge in [0, 0.05) is 16.3 Å². The zero-order chi connectivity index (χ0) is 16.5. The lowest BCUT2D eigenvalue weighted by molar-refractivity contribution is 0.631. The number of fused-ring (bicyclic) bond motifs is 1. The second-order valence-electron chi connectivity index (χ2n) is 5.18. The van der Waals surface area contributed by atoms with Crippen LogP contribution in [0.1, 0.15) is 0 Å². The van der Waals surface area contributed by atoms with Crippen molar-refractivity contribution in [3.8, 4) is 11.1 Å². The molecule has 2 aromatic heterocycles. The number of benzene rings is 2. The maximum atomic E-state index is 14.2. The SMILES string of the molecule is Fc1ccc(Nc2ncnc3cn[nH]c23)cc1-c1cccc(Cl)c1. The molecule has 0 amide bonds. The molecule has 0 radical (unpaired) electrons. The van der Waals surface area contributed by atoms with Gasteiger partial charge in [-0.15, -0.1) is 0 Å². The number of rotatable bonds is 3. The second kappa shape index (κ2) is 5.90. The summed E-state index contributed by atoms with van der Waals surface area (Å²) in [6.45, 7) is 0. The minimum atomic E-state index is -0.322. The standard InChI is InChI=1S/C17H11ClFN5/c18-11-3-1-2-10(6-11)13-7-12(4-5-14(13)19)23-17-16-15(8-22-24-16)20-9-21-17/h1-9H,(H,22,24)(H,20,21,23). The van der Waals surface area contributed by atoms with Crippen LogP contribution in [0.3, 0.4) is 0 Å². The third kappa shape index (κ3) is 2.68. The van der Waals surface area contributed by atoms with Gasteiger partial charge in [-0.2, -0.15) is 5.10 Å². The Kier molecular flexibility index (Phi) is 3.59. The van der Waals surface area contributed by atoms with E-state index in [0.29, 0.717) is 38.7 Å². The molecule has 0 bridgehead atoms. The molecule has 2 heterocycles. The molecule has 0 fully saturated rings. The fourth-order valence-electron chi connectivity index (χ4n) is 2.48. The average molecular weight is 340 g/mol. The van der Waals surface area contributed by atoms with Crippen LogP contribution in [0.2, 0.25) is 5.02 Å². The number of aromatic amines is 1. The molecule has 4 aromatic rings. The zero-order valence-corrected chi connectivity index (χ0v) is 13.0. The maximum absolute atomic E-state index is 14.2. The summed E-state index contributed by atoms with van der Waals surface area (Å²) in [7, 11) is 0. The van der Waals surface area contributed by atoms with E-state index in [1.807, 2.05) is 6.07 Å². The van der Waals surface area contributed by atoms with Gasteiger partial charge in [0.2, 0.25) is 0 Å². The number of nitrogens with zero attached hydrogens (tertiary/aromatic N) is 3. The summed E-state index contributed by atoms with van der Waals surface area (Å²) in [5, 5.41) is 10.5. The quantitative estimate of drug-likeness (QED) is 0.574. The molecule has 0 aliphatic heterocycles. The fraction of sp³-hybridized carbons (Fsp3) is 0. The maximum Gasteiger partial charge on any atom is 0.159 e. The molecule has 0 saturated carbocycles. The third-order valence-corrected chi connectivity index (χ3v) is 3.84. The highest BCUT2D eigenvalue weighted by atomic mass is 35.5. The normalized spacial score (nSPS) is 10.9.